The summed E-state index contributed by atoms with van der Waals surface area (Å²) in [6.45, 7) is 6.22. The molecule has 1 aliphatic heterocycles. The molecule has 1 amide bonds. The van der Waals surface area contributed by atoms with Gasteiger partial charge in [-0.25, -0.2) is 0 Å². The average molecular weight is 198 g/mol. The lowest BCUT2D eigenvalue weighted by Gasteiger charge is -2.24. The van der Waals surface area contributed by atoms with Crippen molar-refractivity contribution in [1.29, 1.82) is 0 Å². The van der Waals surface area contributed by atoms with E-state index in [4.69, 9.17) is 5.73 Å². The van der Waals surface area contributed by atoms with Crippen LogP contribution in [0, 0.1) is 5.92 Å². The summed E-state index contributed by atoms with van der Waals surface area (Å²) in [5, 5.41) is 3.35. The Bertz CT molecular complexity index is 217. The molecule has 0 aromatic carbocycles. The third kappa shape index (κ3) is 1.92. The highest BCUT2D eigenvalue weighted by Crippen LogP contribution is 2.42. The van der Waals surface area contributed by atoms with Crippen molar-refractivity contribution in [3.05, 3.63) is 0 Å². The molecule has 82 valence electrons. The summed E-state index contributed by atoms with van der Waals surface area (Å²) in [6.07, 6.45) is 4.69. The summed E-state index contributed by atoms with van der Waals surface area (Å²) < 4.78 is 0. The van der Waals surface area contributed by atoms with Crippen LogP contribution < -0.4 is 11.1 Å². The van der Waals surface area contributed by atoms with E-state index < -0.39 is 0 Å². The van der Waals surface area contributed by atoms with Gasteiger partial charge in [0.1, 0.15) is 0 Å². The highest BCUT2D eigenvalue weighted by molar-refractivity contribution is 5.80. The number of hydrogen-bond acceptors (Lipinski definition) is 2. The van der Waals surface area contributed by atoms with Gasteiger partial charge >= 0.3 is 0 Å². The number of nitrogens with two attached hydrogens (primary N) is 1. The molecule has 0 bridgehead atoms. The van der Waals surface area contributed by atoms with Crippen LogP contribution >= 0.6 is 0 Å². The standard InChI is InChI=1S/C9H16N2O.C2H6/c1-9-4-2-3-6(9)5-7(11-9)8(10)12;1-2/h6-7,11H,2-5H2,1H3,(H2,10,12);1-2H3/t6?,7?,9-;/m0./s1. The Kier molecular flexibility index (Phi) is 3.53. The lowest BCUT2D eigenvalue weighted by molar-refractivity contribution is -0.119. The third-order valence-corrected chi connectivity index (χ3v) is 3.52. The van der Waals surface area contributed by atoms with Crippen molar-refractivity contribution in [1.82, 2.24) is 5.32 Å². The number of rotatable bonds is 1. The Morgan fingerprint density at radius 1 is 1.50 bits per heavy atom. The molecule has 1 heterocycles. The van der Waals surface area contributed by atoms with Gasteiger partial charge in [0.2, 0.25) is 5.91 Å². The van der Waals surface area contributed by atoms with Crippen LogP contribution in [0.4, 0.5) is 0 Å². The van der Waals surface area contributed by atoms with E-state index in [0.717, 1.165) is 6.42 Å². The zero-order valence-corrected chi connectivity index (χ0v) is 9.47. The normalized spacial score (nSPS) is 39.9. The van der Waals surface area contributed by atoms with E-state index in [0.29, 0.717) is 5.92 Å². The summed E-state index contributed by atoms with van der Waals surface area (Å²) in [7, 11) is 0. The minimum absolute atomic E-state index is 0.0692. The number of fused-ring (bicyclic) bond motifs is 1. The van der Waals surface area contributed by atoms with E-state index in [1.54, 1.807) is 0 Å². The van der Waals surface area contributed by atoms with Crippen LogP contribution in [0.2, 0.25) is 0 Å². The van der Waals surface area contributed by atoms with E-state index >= 15 is 0 Å². The first kappa shape index (κ1) is 11.5. The molecule has 2 unspecified atom stereocenters. The molecule has 3 N–H and O–H groups in total. The van der Waals surface area contributed by atoms with Crippen LogP contribution in [0.5, 0.6) is 0 Å². The zero-order chi connectivity index (χ0) is 10.8. The van der Waals surface area contributed by atoms with Crippen molar-refractivity contribution in [2.75, 3.05) is 0 Å². The minimum atomic E-state index is -0.189. The topological polar surface area (TPSA) is 55.1 Å². The van der Waals surface area contributed by atoms with Crippen molar-refractivity contribution < 1.29 is 4.79 Å². The van der Waals surface area contributed by atoms with Gasteiger partial charge in [-0.2, -0.15) is 0 Å². The maximum Gasteiger partial charge on any atom is 0.234 e. The van der Waals surface area contributed by atoms with Crippen molar-refractivity contribution in [3.8, 4) is 0 Å². The van der Waals surface area contributed by atoms with Crippen molar-refractivity contribution in [2.24, 2.45) is 11.7 Å². The highest BCUT2D eigenvalue weighted by atomic mass is 16.1. The van der Waals surface area contributed by atoms with Crippen LogP contribution in [-0.4, -0.2) is 17.5 Å². The second kappa shape index (κ2) is 4.30. The van der Waals surface area contributed by atoms with Crippen LogP contribution in [0.25, 0.3) is 0 Å². The highest BCUT2D eigenvalue weighted by Gasteiger charge is 2.47. The molecule has 2 rings (SSSR count). The van der Waals surface area contributed by atoms with Gasteiger partial charge in [-0.3, -0.25) is 4.79 Å². The molecular weight excluding hydrogens is 176 g/mol. The van der Waals surface area contributed by atoms with E-state index in [2.05, 4.69) is 12.2 Å². The maximum absolute atomic E-state index is 10.9. The van der Waals surface area contributed by atoms with E-state index in [-0.39, 0.29) is 17.5 Å². The number of amides is 1. The molecule has 1 aliphatic carbocycles. The fraction of sp³-hybridized carbons (Fsp3) is 0.909. The van der Waals surface area contributed by atoms with Gasteiger partial charge in [-0.05, 0) is 32.1 Å². The van der Waals surface area contributed by atoms with Crippen LogP contribution in [0.1, 0.15) is 46.5 Å². The van der Waals surface area contributed by atoms with Gasteiger partial charge in [0.05, 0.1) is 6.04 Å². The SMILES string of the molecule is CC.C[C@]12CCCC1CC(C(N)=O)N2. The monoisotopic (exact) mass is 198 g/mol. The molecule has 3 nitrogen and oxygen atoms in total. The lowest BCUT2D eigenvalue weighted by atomic mass is 9.91. The minimum Gasteiger partial charge on any atom is -0.368 e. The van der Waals surface area contributed by atoms with Gasteiger partial charge in [-0.15, -0.1) is 0 Å². The predicted molar refractivity (Wildman–Crippen MR) is 57.8 cm³/mol. The average Bonchev–Trinajstić information content (AvgIpc) is 2.62. The Hall–Kier alpha value is -0.570. The number of primary amides is 1. The van der Waals surface area contributed by atoms with E-state index in [1.807, 2.05) is 13.8 Å². The van der Waals surface area contributed by atoms with Crippen LogP contribution in [-0.2, 0) is 4.79 Å². The molecule has 2 aliphatic rings. The Morgan fingerprint density at radius 2 is 2.14 bits per heavy atom. The first-order valence-corrected chi connectivity index (χ1v) is 5.69. The molecule has 3 atom stereocenters. The maximum atomic E-state index is 10.9. The molecule has 0 aromatic heterocycles. The third-order valence-electron chi connectivity index (χ3n) is 3.52. The quantitative estimate of drug-likeness (QED) is 0.669. The number of carbonyl (C=O) groups excluding carboxylic acids is 1. The largest absolute Gasteiger partial charge is 0.368 e. The van der Waals surface area contributed by atoms with Gasteiger partial charge in [0.25, 0.3) is 0 Å². The number of hydrogen-bond donors (Lipinski definition) is 2. The second-order valence-corrected chi connectivity index (χ2v) is 4.34. The first-order valence-electron chi connectivity index (χ1n) is 5.69. The smallest absolute Gasteiger partial charge is 0.234 e. The summed E-state index contributed by atoms with van der Waals surface area (Å²) in [5.41, 5.74) is 5.47. The fourth-order valence-electron chi connectivity index (χ4n) is 2.74. The van der Waals surface area contributed by atoms with Crippen LogP contribution in [0.3, 0.4) is 0 Å². The molecular formula is C11H22N2O. The predicted octanol–water partition coefficient (Wildman–Crippen LogP) is 1.42. The van der Waals surface area contributed by atoms with E-state index in [9.17, 15) is 4.79 Å². The van der Waals surface area contributed by atoms with Gasteiger partial charge < -0.3 is 11.1 Å². The second-order valence-electron chi connectivity index (χ2n) is 4.34. The van der Waals surface area contributed by atoms with Crippen molar-refractivity contribution >= 4 is 5.91 Å². The van der Waals surface area contributed by atoms with E-state index in [1.165, 1.54) is 19.3 Å². The Morgan fingerprint density at radius 3 is 2.64 bits per heavy atom. The number of nitrogens with one attached hydrogen (secondary N) is 1. The molecule has 3 heteroatoms. The molecule has 0 radical (unpaired) electrons. The summed E-state index contributed by atoms with van der Waals surface area (Å²) in [6, 6.07) is -0.0692. The van der Waals surface area contributed by atoms with Crippen LogP contribution in [0.15, 0.2) is 0 Å². The summed E-state index contributed by atoms with van der Waals surface area (Å²) in [5.74, 6) is 0.487. The molecule has 1 saturated carbocycles. The Labute approximate surface area is 86.4 Å². The molecule has 1 saturated heterocycles. The lowest BCUT2D eigenvalue weighted by Crippen LogP contribution is -2.45. The first-order chi connectivity index (χ1) is 6.62. The van der Waals surface area contributed by atoms with Crippen molar-refractivity contribution in [3.63, 3.8) is 0 Å². The van der Waals surface area contributed by atoms with Crippen molar-refractivity contribution in [2.45, 2.75) is 58.0 Å². The molecule has 2 fully saturated rings. The molecule has 14 heavy (non-hydrogen) atoms. The van der Waals surface area contributed by atoms with Gasteiger partial charge in [0.15, 0.2) is 0 Å². The summed E-state index contributed by atoms with van der Waals surface area (Å²) >= 11 is 0. The Balaban J connectivity index is 0.000000461. The molecule has 0 aromatic rings. The number of carbonyl (C=O) groups is 1. The summed E-state index contributed by atoms with van der Waals surface area (Å²) in [4.78, 5) is 10.9. The van der Waals surface area contributed by atoms with Gasteiger partial charge in [-0.1, -0.05) is 20.3 Å². The van der Waals surface area contributed by atoms with Gasteiger partial charge in [0, 0.05) is 5.54 Å². The molecule has 0 spiro atoms. The zero-order valence-electron chi connectivity index (χ0n) is 9.47. The fourth-order valence-corrected chi connectivity index (χ4v) is 2.74.